The summed E-state index contributed by atoms with van der Waals surface area (Å²) in [5.74, 6) is 0.888. The third-order valence-corrected chi connectivity index (χ3v) is 5.37. The highest BCUT2D eigenvalue weighted by Crippen LogP contribution is 2.25. The molecule has 2 aliphatic rings. The van der Waals surface area contributed by atoms with Crippen LogP contribution in [-0.4, -0.2) is 21.0 Å². The van der Waals surface area contributed by atoms with Gasteiger partial charge in [0.1, 0.15) is 5.82 Å². The summed E-state index contributed by atoms with van der Waals surface area (Å²) in [6.45, 7) is 5.05. The normalized spacial score (nSPS) is 19.7. The highest BCUT2D eigenvalue weighted by atomic mass is 14.9. The Morgan fingerprint density at radius 2 is 1.96 bits per heavy atom. The Kier molecular flexibility index (Phi) is 4.31. The molecule has 2 aromatic rings. The number of rotatable bonds is 3. The van der Waals surface area contributed by atoms with Gasteiger partial charge in [-0.15, -0.1) is 0 Å². The second-order valence-electron chi connectivity index (χ2n) is 7.26. The minimum atomic E-state index is 0.525. The highest BCUT2D eigenvalue weighted by Gasteiger charge is 2.21. The average Bonchev–Trinajstić information content (AvgIpc) is 2.59. The van der Waals surface area contributed by atoms with Crippen molar-refractivity contribution in [2.75, 3.05) is 0 Å². The summed E-state index contributed by atoms with van der Waals surface area (Å²) in [5, 5.41) is 3.79. The van der Waals surface area contributed by atoms with Gasteiger partial charge in [0.25, 0.3) is 0 Å². The number of nitrogens with zero attached hydrogens (tertiary/aromatic N) is 3. The van der Waals surface area contributed by atoms with Gasteiger partial charge >= 0.3 is 0 Å². The van der Waals surface area contributed by atoms with Crippen molar-refractivity contribution in [1.82, 2.24) is 20.3 Å². The minimum absolute atomic E-state index is 0.525. The summed E-state index contributed by atoms with van der Waals surface area (Å²) in [6, 6.07) is 2.80. The first-order valence-electron chi connectivity index (χ1n) is 9.22. The van der Waals surface area contributed by atoms with Gasteiger partial charge in [0.2, 0.25) is 0 Å². The molecule has 1 N–H and O–H groups in total. The molecule has 126 valence electrons. The topological polar surface area (TPSA) is 50.7 Å². The molecule has 2 heterocycles. The number of aromatic nitrogens is 3. The van der Waals surface area contributed by atoms with Crippen molar-refractivity contribution in [3.05, 3.63) is 51.9 Å². The number of fused-ring (bicyclic) bond motifs is 2. The standard InChI is InChI=1S/C20H26N4/c1-13-9-15(18-5-3-4-6-20(18)23-13)11-22-17-7-8-19-16(10-17)12-21-14(2)24-19/h9,12,17,22H,3-8,10-11H2,1-2H3. The van der Waals surface area contributed by atoms with Crippen molar-refractivity contribution in [1.29, 1.82) is 0 Å². The van der Waals surface area contributed by atoms with E-state index in [2.05, 4.69) is 28.3 Å². The Hall–Kier alpha value is -1.81. The molecule has 2 aromatic heterocycles. The lowest BCUT2D eigenvalue weighted by atomic mass is 9.90. The Balaban J connectivity index is 1.46. The third kappa shape index (κ3) is 3.20. The van der Waals surface area contributed by atoms with Crippen LogP contribution >= 0.6 is 0 Å². The van der Waals surface area contributed by atoms with Crippen molar-refractivity contribution in [2.45, 2.75) is 71.4 Å². The molecule has 4 rings (SSSR count). The van der Waals surface area contributed by atoms with Crippen LogP contribution in [0.15, 0.2) is 12.3 Å². The van der Waals surface area contributed by atoms with Gasteiger partial charge in [0, 0.05) is 35.9 Å². The zero-order valence-corrected chi connectivity index (χ0v) is 14.7. The molecule has 2 aliphatic carbocycles. The van der Waals surface area contributed by atoms with Crippen molar-refractivity contribution < 1.29 is 0 Å². The molecule has 0 fully saturated rings. The SMILES string of the molecule is Cc1cc(CNC2CCc3nc(C)ncc3C2)c2c(n1)CCCC2. The number of hydrogen-bond donors (Lipinski definition) is 1. The quantitative estimate of drug-likeness (QED) is 0.944. The molecule has 0 bridgehead atoms. The lowest BCUT2D eigenvalue weighted by Gasteiger charge is -2.26. The fourth-order valence-electron chi connectivity index (χ4n) is 4.14. The van der Waals surface area contributed by atoms with Crippen LogP contribution in [0.4, 0.5) is 0 Å². The van der Waals surface area contributed by atoms with E-state index in [9.17, 15) is 0 Å². The molecule has 4 nitrogen and oxygen atoms in total. The number of nitrogens with one attached hydrogen (secondary N) is 1. The van der Waals surface area contributed by atoms with Crippen LogP contribution in [0, 0.1) is 13.8 Å². The van der Waals surface area contributed by atoms with Crippen LogP contribution in [0.25, 0.3) is 0 Å². The Labute approximate surface area is 144 Å². The summed E-state index contributed by atoms with van der Waals surface area (Å²) in [6.07, 6.45) is 10.2. The molecule has 0 radical (unpaired) electrons. The maximum Gasteiger partial charge on any atom is 0.125 e. The number of hydrogen-bond acceptors (Lipinski definition) is 4. The molecule has 0 spiro atoms. The maximum atomic E-state index is 4.76. The van der Waals surface area contributed by atoms with Gasteiger partial charge < -0.3 is 5.32 Å². The zero-order valence-electron chi connectivity index (χ0n) is 14.7. The van der Waals surface area contributed by atoms with Crippen molar-refractivity contribution >= 4 is 0 Å². The second kappa shape index (κ2) is 6.60. The van der Waals surface area contributed by atoms with Crippen LogP contribution in [0.3, 0.4) is 0 Å². The van der Waals surface area contributed by atoms with Crippen molar-refractivity contribution in [3.8, 4) is 0 Å². The van der Waals surface area contributed by atoms with Gasteiger partial charge in [-0.2, -0.15) is 0 Å². The van der Waals surface area contributed by atoms with Gasteiger partial charge in [0.05, 0.1) is 0 Å². The largest absolute Gasteiger partial charge is 0.310 e. The summed E-state index contributed by atoms with van der Waals surface area (Å²) in [7, 11) is 0. The number of aryl methyl sites for hydroxylation is 4. The van der Waals surface area contributed by atoms with Crippen molar-refractivity contribution in [2.24, 2.45) is 0 Å². The molecule has 1 unspecified atom stereocenters. The fraction of sp³-hybridized carbons (Fsp3) is 0.550. The predicted octanol–water partition coefficient (Wildman–Crippen LogP) is 3.01. The third-order valence-electron chi connectivity index (χ3n) is 5.37. The van der Waals surface area contributed by atoms with Gasteiger partial charge in [-0.3, -0.25) is 4.98 Å². The first kappa shape index (κ1) is 15.7. The lowest BCUT2D eigenvalue weighted by molar-refractivity contribution is 0.449. The van der Waals surface area contributed by atoms with Crippen LogP contribution in [0.5, 0.6) is 0 Å². The first-order valence-corrected chi connectivity index (χ1v) is 9.22. The zero-order chi connectivity index (χ0) is 16.5. The fourth-order valence-corrected chi connectivity index (χ4v) is 4.14. The summed E-state index contributed by atoms with van der Waals surface area (Å²) >= 11 is 0. The Bertz CT molecular complexity index is 754. The molecule has 0 aromatic carbocycles. The van der Waals surface area contributed by atoms with E-state index in [-0.39, 0.29) is 0 Å². The van der Waals surface area contributed by atoms with E-state index in [4.69, 9.17) is 4.98 Å². The van der Waals surface area contributed by atoms with Crippen LogP contribution in [-0.2, 0) is 32.2 Å². The van der Waals surface area contributed by atoms with E-state index in [1.54, 1.807) is 0 Å². The van der Waals surface area contributed by atoms with E-state index in [0.717, 1.165) is 43.7 Å². The highest BCUT2D eigenvalue weighted by molar-refractivity contribution is 5.34. The van der Waals surface area contributed by atoms with Gasteiger partial charge in [0.15, 0.2) is 0 Å². The maximum absolute atomic E-state index is 4.76. The summed E-state index contributed by atoms with van der Waals surface area (Å²) < 4.78 is 0. The second-order valence-corrected chi connectivity index (χ2v) is 7.26. The Morgan fingerprint density at radius 1 is 1.08 bits per heavy atom. The molecule has 0 saturated carbocycles. The molecular weight excluding hydrogens is 296 g/mol. The monoisotopic (exact) mass is 322 g/mol. The Morgan fingerprint density at radius 3 is 2.88 bits per heavy atom. The molecule has 0 amide bonds. The minimum Gasteiger partial charge on any atom is -0.310 e. The van der Waals surface area contributed by atoms with Crippen LogP contribution < -0.4 is 5.32 Å². The van der Waals surface area contributed by atoms with E-state index in [1.807, 2.05) is 13.1 Å². The predicted molar refractivity (Wildman–Crippen MR) is 95.0 cm³/mol. The van der Waals surface area contributed by atoms with Gasteiger partial charge in [-0.1, -0.05) is 0 Å². The number of pyridine rings is 1. The van der Waals surface area contributed by atoms with Crippen LogP contribution in [0.2, 0.25) is 0 Å². The van der Waals surface area contributed by atoms with Gasteiger partial charge in [-0.05, 0) is 81.5 Å². The first-order chi connectivity index (χ1) is 11.7. The molecule has 1 atom stereocenters. The molecule has 0 saturated heterocycles. The smallest absolute Gasteiger partial charge is 0.125 e. The van der Waals surface area contributed by atoms with E-state index < -0.39 is 0 Å². The molecule has 4 heteroatoms. The summed E-state index contributed by atoms with van der Waals surface area (Å²) in [4.78, 5) is 13.7. The van der Waals surface area contributed by atoms with E-state index >= 15 is 0 Å². The molecule has 24 heavy (non-hydrogen) atoms. The molecule has 0 aliphatic heterocycles. The lowest BCUT2D eigenvalue weighted by Crippen LogP contribution is -2.35. The van der Waals surface area contributed by atoms with E-state index in [1.165, 1.54) is 47.3 Å². The van der Waals surface area contributed by atoms with Gasteiger partial charge in [-0.25, -0.2) is 9.97 Å². The molecular formula is C20H26N4. The van der Waals surface area contributed by atoms with Crippen LogP contribution in [0.1, 0.15) is 58.9 Å². The summed E-state index contributed by atoms with van der Waals surface area (Å²) in [5.41, 5.74) is 8.04. The van der Waals surface area contributed by atoms with Crippen molar-refractivity contribution in [3.63, 3.8) is 0 Å². The average molecular weight is 322 g/mol. The van der Waals surface area contributed by atoms with E-state index in [0.29, 0.717) is 6.04 Å².